The Balaban J connectivity index is 2.27. The third-order valence-corrected chi connectivity index (χ3v) is 2.14. The first-order valence-corrected chi connectivity index (χ1v) is 5.76. The molecule has 0 atom stereocenters. The quantitative estimate of drug-likeness (QED) is 0.474. The van der Waals surface area contributed by atoms with E-state index in [9.17, 15) is 9.59 Å². The van der Waals surface area contributed by atoms with Crippen molar-refractivity contribution in [3.8, 4) is 6.07 Å². The number of rotatable bonds is 6. The molecule has 0 unspecified atom stereocenters. The molecule has 0 bridgehead atoms. The third-order valence-electron chi connectivity index (χ3n) is 2.14. The molecule has 0 aliphatic rings. The molecule has 0 radical (unpaired) electrons. The van der Waals surface area contributed by atoms with Crippen molar-refractivity contribution in [2.24, 2.45) is 0 Å². The lowest BCUT2D eigenvalue weighted by Crippen LogP contribution is -2.20. The first kappa shape index (κ1) is 14.5. The van der Waals surface area contributed by atoms with Crippen LogP contribution < -0.4 is 5.32 Å². The molecule has 0 saturated carbocycles. The Kier molecular flexibility index (Phi) is 6.45. The van der Waals surface area contributed by atoms with Gasteiger partial charge in [-0.25, -0.2) is 4.79 Å². The Hall–Kier alpha value is -2.61. The molecule has 0 saturated heterocycles. The molecule has 1 aromatic carbocycles. The monoisotopic (exact) mass is 258 g/mol. The van der Waals surface area contributed by atoms with E-state index in [1.54, 1.807) is 0 Å². The van der Waals surface area contributed by atoms with Crippen molar-refractivity contribution < 1.29 is 14.3 Å². The highest BCUT2D eigenvalue weighted by Crippen LogP contribution is 1.97. The molecule has 1 amide bonds. The van der Waals surface area contributed by atoms with E-state index in [-0.39, 0.29) is 18.9 Å². The van der Waals surface area contributed by atoms with Gasteiger partial charge in [-0.3, -0.25) is 4.79 Å². The Bertz CT molecular complexity index is 489. The highest BCUT2D eigenvalue weighted by Gasteiger charge is 1.99. The van der Waals surface area contributed by atoms with Crippen LogP contribution in [0.15, 0.2) is 42.5 Å². The van der Waals surface area contributed by atoms with Gasteiger partial charge in [-0.05, 0) is 5.56 Å². The Morgan fingerprint density at radius 2 is 2.00 bits per heavy atom. The number of carbonyl (C=O) groups is 2. The fraction of sp³-hybridized carbons (Fsp3) is 0.214. The maximum absolute atomic E-state index is 11.4. The van der Waals surface area contributed by atoms with Crippen LogP contribution in [0.3, 0.4) is 0 Å². The molecule has 19 heavy (non-hydrogen) atoms. The van der Waals surface area contributed by atoms with Gasteiger partial charge in [-0.2, -0.15) is 5.26 Å². The van der Waals surface area contributed by atoms with Crippen LogP contribution in [0.4, 0.5) is 0 Å². The largest absolute Gasteiger partial charge is 0.461 e. The Morgan fingerprint density at radius 3 is 2.68 bits per heavy atom. The number of amides is 1. The van der Waals surface area contributed by atoms with E-state index in [0.29, 0.717) is 6.54 Å². The number of ether oxygens (including phenoxy) is 1. The van der Waals surface area contributed by atoms with Crippen LogP contribution in [0.5, 0.6) is 0 Å². The van der Waals surface area contributed by atoms with E-state index in [1.807, 2.05) is 36.4 Å². The third kappa shape index (κ3) is 6.64. The number of nitrogens with zero attached hydrogens (tertiary/aromatic N) is 1. The van der Waals surface area contributed by atoms with E-state index in [4.69, 9.17) is 5.26 Å². The number of nitriles is 1. The maximum atomic E-state index is 11.4. The second-order valence-corrected chi connectivity index (χ2v) is 3.61. The summed E-state index contributed by atoms with van der Waals surface area (Å²) in [7, 11) is 0. The van der Waals surface area contributed by atoms with Crippen molar-refractivity contribution in [3.63, 3.8) is 0 Å². The molecule has 98 valence electrons. The zero-order chi connectivity index (χ0) is 13.9. The van der Waals surface area contributed by atoms with E-state index in [2.05, 4.69) is 10.1 Å². The van der Waals surface area contributed by atoms with Gasteiger partial charge >= 0.3 is 5.97 Å². The molecular formula is C14H14N2O3. The lowest BCUT2D eigenvalue weighted by molar-refractivity contribution is -0.137. The van der Waals surface area contributed by atoms with Crippen molar-refractivity contribution in [2.45, 2.75) is 13.0 Å². The Morgan fingerprint density at radius 1 is 1.26 bits per heavy atom. The summed E-state index contributed by atoms with van der Waals surface area (Å²) in [5.41, 5.74) is 0.973. The van der Waals surface area contributed by atoms with Crippen LogP contribution in [0.25, 0.3) is 0 Å². The molecule has 0 aliphatic carbocycles. The van der Waals surface area contributed by atoms with Crippen molar-refractivity contribution in [3.05, 3.63) is 48.0 Å². The van der Waals surface area contributed by atoms with E-state index < -0.39 is 5.97 Å². The van der Waals surface area contributed by atoms with Gasteiger partial charge < -0.3 is 10.1 Å². The van der Waals surface area contributed by atoms with Gasteiger partial charge in [-0.1, -0.05) is 30.3 Å². The van der Waals surface area contributed by atoms with Gasteiger partial charge in [0.25, 0.3) is 0 Å². The number of esters is 1. The van der Waals surface area contributed by atoms with E-state index in [0.717, 1.165) is 17.7 Å². The average Bonchev–Trinajstić information content (AvgIpc) is 2.44. The second kappa shape index (κ2) is 8.48. The second-order valence-electron chi connectivity index (χ2n) is 3.61. The number of nitrogens with one attached hydrogen (secondary N) is 1. The van der Waals surface area contributed by atoms with Crippen LogP contribution in [0.1, 0.15) is 12.0 Å². The van der Waals surface area contributed by atoms with Gasteiger partial charge in [0, 0.05) is 18.7 Å². The van der Waals surface area contributed by atoms with Gasteiger partial charge in [0.2, 0.25) is 5.91 Å². The molecule has 0 fully saturated rings. The summed E-state index contributed by atoms with van der Waals surface area (Å²) in [5.74, 6) is -1.01. The zero-order valence-corrected chi connectivity index (χ0v) is 10.3. The van der Waals surface area contributed by atoms with E-state index in [1.165, 1.54) is 0 Å². The summed E-state index contributed by atoms with van der Waals surface area (Å²) < 4.78 is 4.67. The van der Waals surface area contributed by atoms with Crippen LogP contribution in [-0.2, 0) is 20.9 Å². The van der Waals surface area contributed by atoms with E-state index >= 15 is 0 Å². The SMILES string of the molecule is N#CCCOC(=O)/C=C/C(=O)NCc1ccccc1. The molecule has 0 aliphatic heterocycles. The first-order valence-electron chi connectivity index (χ1n) is 5.76. The van der Waals surface area contributed by atoms with Crippen molar-refractivity contribution in [1.29, 1.82) is 5.26 Å². The minimum Gasteiger partial charge on any atom is -0.461 e. The molecule has 5 nitrogen and oxygen atoms in total. The zero-order valence-electron chi connectivity index (χ0n) is 10.3. The number of carbonyl (C=O) groups excluding carboxylic acids is 2. The molecule has 1 aromatic rings. The lowest BCUT2D eigenvalue weighted by Gasteiger charge is -2.01. The fourth-order valence-corrected chi connectivity index (χ4v) is 1.23. The lowest BCUT2D eigenvalue weighted by atomic mass is 10.2. The number of benzene rings is 1. The summed E-state index contributed by atoms with van der Waals surface area (Å²) in [6, 6.07) is 11.3. The topological polar surface area (TPSA) is 79.2 Å². The highest BCUT2D eigenvalue weighted by atomic mass is 16.5. The van der Waals surface area contributed by atoms with Crippen LogP contribution in [-0.4, -0.2) is 18.5 Å². The van der Waals surface area contributed by atoms with Crippen molar-refractivity contribution in [2.75, 3.05) is 6.61 Å². The molecule has 5 heteroatoms. The molecule has 0 heterocycles. The minimum absolute atomic E-state index is 0.0330. The molecule has 0 spiro atoms. The molecular weight excluding hydrogens is 244 g/mol. The minimum atomic E-state index is -0.634. The first-order chi connectivity index (χ1) is 9.22. The Labute approximate surface area is 111 Å². The van der Waals surface area contributed by atoms with Crippen molar-refractivity contribution in [1.82, 2.24) is 5.32 Å². The standard InChI is InChI=1S/C14H14N2O3/c15-9-4-10-19-14(18)8-7-13(17)16-11-12-5-2-1-3-6-12/h1-3,5-8H,4,10-11H2,(H,16,17)/b8-7+. The smallest absolute Gasteiger partial charge is 0.330 e. The normalized spacial score (nSPS) is 9.84. The maximum Gasteiger partial charge on any atom is 0.330 e. The molecule has 1 N–H and O–H groups in total. The van der Waals surface area contributed by atoms with Gasteiger partial charge in [0.05, 0.1) is 12.5 Å². The van der Waals surface area contributed by atoms with Gasteiger partial charge in [0.1, 0.15) is 6.61 Å². The van der Waals surface area contributed by atoms with Crippen LogP contribution >= 0.6 is 0 Å². The predicted molar refractivity (Wildman–Crippen MR) is 68.6 cm³/mol. The summed E-state index contributed by atoms with van der Waals surface area (Å²) in [4.78, 5) is 22.5. The summed E-state index contributed by atoms with van der Waals surface area (Å²) in [6.45, 7) is 0.429. The number of hydrogen-bond acceptors (Lipinski definition) is 4. The van der Waals surface area contributed by atoms with Gasteiger partial charge in [-0.15, -0.1) is 0 Å². The van der Waals surface area contributed by atoms with Crippen molar-refractivity contribution >= 4 is 11.9 Å². The molecule has 1 rings (SSSR count). The summed E-state index contributed by atoms with van der Waals surface area (Å²) in [5, 5.41) is 10.9. The average molecular weight is 258 g/mol. The predicted octanol–water partition coefficient (Wildman–Crippen LogP) is 1.32. The summed E-state index contributed by atoms with van der Waals surface area (Å²) in [6.07, 6.45) is 2.29. The summed E-state index contributed by atoms with van der Waals surface area (Å²) >= 11 is 0. The fourth-order valence-electron chi connectivity index (χ4n) is 1.23. The number of hydrogen-bond donors (Lipinski definition) is 1. The van der Waals surface area contributed by atoms with Crippen LogP contribution in [0.2, 0.25) is 0 Å². The molecule has 0 aromatic heterocycles. The highest BCUT2D eigenvalue weighted by molar-refractivity contribution is 5.94. The van der Waals surface area contributed by atoms with Crippen LogP contribution in [0, 0.1) is 11.3 Å². The van der Waals surface area contributed by atoms with Gasteiger partial charge in [0.15, 0.2) is 0 Å².